The molecular weight excluding hydrogens is 254 g/mol. The SMILES string of the molecule is COCOc1nc2ccccc2cc1S(C)(=O)=O. The van der Waals surface area contributed by atoms with Gasteiger partial charge < -0.3 is 9.47 Å². The summed E-state index contributed by atoms with van der Waals surface area (Å²) < 4.78 is 33.4. The van der Waals surface area contributed by atoms with Gasteiger partial charge in [-0.25, -0.2) is 13.4 Å². The molecule has 0 bridgehead atoms. The predicted octanol–water partition coefficient (Wildman–Crippen LogP) is 1.62. The van der Waals surface area contributed by atoms with E-state index < -0.39 is 9.84 Å². The molecule has 1 heterocycles. The molecular formula is C12H13NO4S. The number of rotatable bonds is 4. The Balaban J connectivity index is 2.64. The van der Waals surface area contributed by atoms with Gasteiger partial charge in [-0.3, -0.25) is 0 Å². The van der Waals surface area contributed by atoms with Crippen molar-refractivity contribution in [1.82, 2.24) is 4.98 Å². The van der Waals surface area contributed by atoms with Gasteiger partial charge in [0.1, 0.15) is 4.90 Å². The van der Waals surface area contributed by atoms with Gasteiger partial charge >= 0.3 is 0 Å². The number of para-hydroxylation sites is 1. The normalized spacial score (nSPS) is 11.7. The first-order chi connectivity index (χ1) is 8.52. The molecule has 0 fully saturated rings. The van der Waals surface area contributed by atoms with E-state index in [1.165, 1.54) is 7.11 Å². The minimum Gasteiger partial charge on any atom is -0.450 e. The predicted molar refractivity (Wildman–Crippen MR) is 67.4 cm³/mol. The number of fused-ring (bicyclic) bond motifs is 1. The molecule has 0 atom stereocenters. The number of pyridine rings is 1. The van der Waals surface area contributed by atoms with Crippen molar-refractivity contribution in [2.24, 2.45) is 0 Å². The van der Waals surface area contributed by atoms with Crippen LogP contribution in [0.25, 0.3) is 10.9 Å². The Morgan fingerprint density at radius 2 is 2.00 bits per heavy atom. The minimum atomic E-state index is -3.40. The highest BCUT2D eigenvalue weighted by Gasteiger charge is 2.17. The largest absolute Gasteiger partial charge is 0.450 e. The molecule has 18 heavy (non-hydrogen) atoms. The summed E-state index contributed by atoms with van der Waals surface area (Å²) in [5.74, 6) is 0.0676. The maximum Gasteiger partial charge on any atom is 0.235 e. The number of sulfone groups is 1. The molecule has 1 aromatic carbocycles. The Labute approximate surface area is 105 Å². The first kappa shape index (κ1) is 12.8. The molecule has 5 nitrogen and oxygen atoms in total. The second-order valence-electron chi connectivity index (χ2n) is 3.81. The third-order valence-electron chi connectivity index (χ3n) is 2.37. The van der Waals surface area contributed by atoms with Crippen molar-refractivity contribution in [3.8, 4) is 5.88 Å². The molecule has 0 N–H and O–H groups in total. The van der Waals surface area contributed by atoms with Gasteiger partial charge in [0.05, 0.1) is 5.52 Å². The van der Waals surface area contributed by atoms with Gasteiger partial charge in [0.2, 0.25) is 5.88 Å². The number of ether oxygens (including phenoxy) is 2. The fourth-order valence-corrected chi connectivity index (χ4v) is 2.33. The van der Waals surface area contributed by atoms with Crippen molar-refractivity contribution < 1.29 is 17.9 Å². The minimum absolute atomic E-state index is 0.0478. The van der Waals surface area contributed by atoms with Crippen LogP contribution in [0.15, 0.2) is 35.2 Å². The number of hydrogen-bond acceptors (Lipinski definition) is 5. The van der Waals surface area contributed by atoms with E-state index in [1.807, 2.05) is 12.1 Å². The van der Waals surface area contributed by atoms with E-state index in [1.54, 1.807) is 18.2 Å². The molecule has 1 aromatic heterocycles. The zero-order valence-corrected chi connectivity index (χ0v) is 10.9. The lowest BCUT2D eigenvalue weighted by atomic mass is 10.2. The van der Waals surface area contributed by atoms with Crippen LogP contribution in [-0.2, 0) is 14.6 Å². The Bertz CT molecular complexity index is 667. The van der Waals surface area contributed by atoms with Crippen LogP contribution in [0, 0.1) is 0 Å². The average Bonchev–Trinajstić information content (AvgIpc) is 2.34. The fourth-order valence-electron chi connectivity index (χ4n) is 1.56. The molecule has 0 aliphatic carbocycles. The Morgan fingerprint density at radius 3 is 2.67 bits per heavy atom. The molecule has 0 unspecified atom stereocenters. The highest BCUT2D eigenvalue weighted by atomic mass is 32.2. The zero-order valence-electron chi connectivity index (χ0n) is 10.1. The van der Waals surface area contributed by atoms with Crippen molar-refractivity contribution in [3.05, 3.63) is 30.3 Å². The lowest BCUT2D eigenvalue weighted by Crippen LogP contribution is -2.07. The third-order valence-corrected chi connectivity index (χ3v) is 3.46. The van der Waals surface area contributed by atoms with Gasteiger partial charge in [0, 0.05) is 18.8 Å². The Morgan fingerprint density at radius 1 is 1.28 bits per heavy atom. The summed E-state index contributed by atoms with van der Waals surface area (Å²) in [5.41, 5.74) is 0.677. The monoisotopic (exact) mass is 267 g/mol. The lowest BCUT2D eigenvalue weighted by Gasteiger charge is -2.09. The van der Waals surface area contributed by atoms with Gasteiger partial charge in [-0.2, -0.15) is 0 Å². The zero-order chi connectivity index (χ0) is 13.2. The molecule has 0 spiro atoms. The first-order valence-electron chi connectivity index (χ1n) is 5.24. The van der Waals surface area contributed by atoms with E-state index in [9.17, 15) is 8.42 Å². The molecule has 0 aliphatic heterocycles. The molecule has 0 saturated heterocycles. The van der Waals surface area contributed by atoms with Gasteiger partial charge in [0.15, 0.2) is 16.6 Å². The summed E-state index contributed by atoms with van der Waals surface area (Å²) in [6.45, 7) is -0.0478. The summed E-state index contributed by atoms with van der Waals surface area (Å²) in [7, 11) is -1.94. The molecule has 0 radical (unpaired) electrons. The molecule has 6 heteroatoms. The number of benzene rings is 1. The van der Waals surface area contributed by atoms with Crippen LogP contribution in [0.1, 0.15) is 0 Å². The Hall–Kier alpha value is -1.66. The summed E-state index contributed by atoms with van der Waals surface area (Å²) in [5, 5.41) is 0.752. The fraction of sp³-hybridized carbons (Fsp3) is 0.250. The lowest BCUT2D eigenvalue weighted by molar-refractivity contribution is 0.0458. The standard InChI is InChI=1S/C12H13NO4S/c1-16-8-17-12-11(18(2,14)15)7-9-5-3-4-6-10(9)13-12/h3-7H,8H2,1-2H3. The maximum atomic E-state index is 11.7. The summed E-state index contributed by atoms with van der Waals surface area (Å²) >= 11 is 0. The van der Waals surface area contributed by atoms with Crippen molar-refractivity contribution in [3.63, 3.8) is 0 Å². The van der Waals surface area contributed by atoms with E-state index >= 15 is 0 Å². The van der Waals surface area contributed by atoms with E-state index in [0.29, 0.717) is 5.52 Å². The van der Waals surface area contributed by atoms with E-state index in [0.717, 1.165) is 11.6 Å². The van der Waals surface area contributed by atoms with Crippen LogP contribution in [0.3, 0.4) is 0 Å². The van der Waals surface area contributed by atoms with Gasteiger partial charge in [-0.15, -0.1) is 0 Å². The number of aromatic nitrogens is 1. The van der Waals surface area contributed by atoms with Gasteiger partial charge in [0.25, 0.3) is 0 Å². The first-order valence-corrected chi connectivity index (χ1v) is 7.13. The van der Waals surface area contributed by atoms with E-state index in [-0.39, 0.29) is 17.6 Å². The third kappa shape index (κ3) is 2.60. The van der Waals surface area contributed by atoms with Crippen LogP contribution in [0.5, 0.6) is 5.88 Å². The average molecular weight is 267 g/mol. The molecule has 2 aromatic rings. The van der Waals surface area contributed by atoms with Crippen molar-refractivity contribution in [1.29, 1.82) is 0 Å². The summed E-state index contributed by atoms with van der Waals surface area (Å²) in [6.07, 6.45) is 1.12. The Kier molecular flexibility index (Phi) is 3.49. The van der Waals surface area contributed by atoms with Crippen molar-refractivity contribution in [2.75, 3.05) is 20.2 Å². The number of hydrogen-bond donors (Lipinski definition) is 0. The van der Waals surface area contributed by atoms with Crippen molar-refractivity contribution in [2.45, 2.75) is 4.90 Å². The van der Waals surface area contributed by atoms with Crippen LogP contribution < -0.4 is 4.74 Å². The summed E-state index contributed by atoms with van der Waals surface area (Å²) in [4.78, 5) is 4.27. The van der Waals surface area contributed by atoms with Crippen molar-refractivity contribution >= 4 is 20.7 Å². The molecule has 96 valence electrons. The molecule has 2 rings (SSSR count). The van der Waals surface area contributed by atoms with E-state index in [4.69, 9.17) is 9.47 Å². The highest BCUT2D eigenvalue weighted by molar-refractivity contribution is 7.90. The molecule has 0 amide bonds. The maximum absolute atomic E-state index is 11.7. The van der Waals surface area contributed by atoms with Gasteiger partial charge in [-0.1, -0.05) is 18.2 Å². The highest BCUT2D eigenvalue weighted by Crippen LogP contribution is 2.26. The smallest absolute Gasteiger partial charge is 0.235 e. The summed E-state index contributed by atoms with van der Waals surface area (Å²) in [6, 6.07) is 8.81. The van der Waals surface area contributed by atoms with Crippen LogP contribution >= 0.6 is 0 Å². The van der Waals surface area contributed by atoms with Crippen LogP contribution in [0.2, 0.25) is 0 Å². The number of methoxy groups -OCH3 is 1. The molecule has 0 aliphatic rings. The van der Waals surface area contributed by atoms with Crippen LogP contribution in [-0.4, -0.2) is 33.6 Å². The second-order valence-corrected chi connectivity index (χ2v) is 5.79. The number of nitrogens with zero attached hydrogens (tertiary/aromatic N) is 1. The van der Waals surface area contributed by atoms with Gasteiger partial charge in [-0.05, 0) is 12.1 Å². The molecule has 0 saturated carbocycles. The second kappa shape index (κ2) is 4.91. The van der Waals surface area contributed by atoms with Crippen LogP contribution in [0.4, 0.5) is 0 Å². The quantitative estimate of drug-likeness (QED) is 0.788. The van der Waals surface area contributed by atoms with E-state index in [2.05, 4.69) is 4.98 Å². The topological polar surface area (TPSA) is 65.5 Å².